The van der Waals surface area contributed by atoms with Crippen LogP contribution in [0.4, 0.5) is 0 Å². The Labute approximate surface area is 163 Å². The number of furan rings is 1. The fourth-order valence-electron chi connectivity index (χ4n) is 4.06. The third-order valence-corrected chi connectivity index (χ3v) is 5.33. The number of benzene rings is 3. The van der Waals surface area contributed by atoms with Gasteiger partial charge in [0.05, 0.1) is 6.04 Å². The van der Waals surface area contributed by atoms with E-state index in [-0.39, 0.29) is 17.6 Å². The lowest BCUT2D eigenvalue weighted by Crippen LogP contribution is -2.41. The highest BCUT2D eigenvalue weighted by Gasteiger charge is 2.34. The molecule has 5 rings (SSSR count). The van der Waals surface area contributed by atoms with Gasteiger partial charge >= 0.3 is 0 Å². The predicted molar refractivity (Wildman–Crippen MR) is 110 cm³/mol. The number of amides is 1. The van der Waals surface area contributed by atoms with E-state index in [1.807, 2.05) is 74.5 Å². The van der Waals surface area contributed by atoms with Crippen LogP contribution >= 0.6 is 0 Å². The topological polar surface area (TPSA) is 51.5 Å². The molecule has 28 heavy (non-hydrogen) atoms. The lowest BCUT2D eigenvalue weighted by molar-refractivity contribution is 0.0612. The average molecular weight is 371 g/mol. The molecule has 0 aliphatic carbocycles. The Bertz CT molecular complexity index is 1200. The molecule has 1 N–H and O–H groups in total. The van der Waals surface area contributed by atoms with Gasteiger partial charge in [-0.1, -0.05) is 48.5 Å². The molecule has 1 atom stereocenters. The summed E-state index contributed by atoms with van der Waals surface area (Å²) in [6, 6.07) is 21.6. The van der Waals surface area contributed by atoms with E-state index in [2.05, 4.69) is 11.4 Å². The van der Waals surface area contributed by atoms with Gasteiger partial charge in [0.25, 0.3) is 5.91 Å². The number of carbonyl (C=O) groups is 1. The molecule has 0 spiro atoms. The van der Waals surface area contributed by atoms with Crippen molar-refractivity contribution in [3.8, 4) is 5.75 Å². The van der Waals surface area contributed by atoms with Crippen molar-refractivity contribution in [2.75, 3.05) is 0 Å². The number of fused-ring (bicyclic) bond motifs is 4. The summed E-state index contributed by atoms with van der Waals surface area (Å²) in [5, 5.41) is 6.31. The molecule has 1 aromatic heterocycles. The molecule has 140 valence electrons. The quantitative estimate of drug-likeness (QED) is 0.498. The smallest absolute Gasteiger partial charge is 0.287 e. The second kappa shape index (κ2) is 6.13. The summed E-state index contributed by atoms with van der Waals surface area (Å²) in [6.07, 6.45) is 0.693. The molecular formula is C24H21NO3. The van der Waals surface area contributed by atoms with Crippen molar-refractivity contribution >= 4 is 27.6 Å². The van der Waals surface area contributed by atoms with Gasteiger partial charge in [-0.05, 0) is 42.8 Å². The highest BCUT2D eigenvalue weighted by atomic mass is 16.5. The van der Waals surface area contributed by atoms with Crippen LogP contribution in [0.3, 0.4) is 0 Å². The summed E-state index contributed by atoms with van der Waals surface area (Å²) in [7, 11) is 0. The molecule has 0 bridgehead atoms. The second-order valence-electron chi connectivity index (χ2n) is 7.94. The van der Waals surface area contributed by atoms with Crippen molar-refractivity contribution in [1.29, 1.82) is 0 Å². The maximum atomic E-state index is 13.0. The van der Waals surface area contributed by atoms with E-state index in [9.17, 15) is 4.79 Å². The first-order chi connectivity index (χ1) is 13.5. The van der Waals surface area contributed by atoms with Crippen LogP contribution in [0.25, 0.3) is 21.7 Å². The van der Waals surface area contributed by atoms with Crippen LogP contribution < -0.4 is 10.1 Å². The molecule has 1 aliphatic heterocycles. The highest BCUT2D eigenvalue weighted by Crippen LogP contribution is 2.39. The third kappa shape index (κ3) is 2.82. The first-order valence-corrected chi connectivity index (χ1v) is 9.50. The lowest BCUT2D eigenvalue weighted by Gasteiger charge is -2.37. The zero-order chi connectivity index (χ0) is 19.3. The van der Waals surface area contributed by atoms with Gasteiger partial charge in [0.2, 0.25) is 0 Å². The number of para-hydroxylation sites is 1. The molecular weight excluding hydrogens is 350 g/mol. The van der Waals surface area contributed by atoms with Crippen molar-refractivity contribution in [1.82, 2.24) is 5.32 Å². The predicted octanol–water partition coefficient (Wildman–Crippen LogP) is 5.62. The molecule has 1 amide bonds. The van der Waals surface area contributed by atoms with E-state index in [1.54, 1.807) is 0 Å². The summed E-state index contributed by atoms with van der Waals surface area (Å²) in [5.74, 6) is 0.936. The molecule has 3 aromatic carbocycles. The number of carbonyl (C=O) groups excluding carboxylic acids is 1. The van der Waals surface area contributed by atoms with Crippen LogP contribution in [0.2, 0.25) is 0 Å². The monoisotopic (exact) mass is 371 g/mol. The Kier molecular flexibility index (Phi) is 3.69. The summed E-state index contributed by atoms with van der Waals surface area (Å²) in [4.78, 5) is 13.0. The molecule has 4 aromatic rings. The molecule has 4 heteroatoms. The summed E-state index contributed by atoms with van der Waals surface area (Å²) >= 11 is 0. The van der Waals surface area contributed by atoms with Gasteiger partial charge < -0.3 is 14.5 Å². The first-order valence-electron chi connectivity index (χ1n) is 9.50. The molecule has 2 heterocycles. The van der Waals surface area contributed by atoms with Crippen LogP contribution in [-0.4, -0.2) is 11.5 Å². The minimum atomic E-state index is -0.351. The van der Waals surface area contributed by atoms with E-state index in [1.165, 1.54) is 0 Å². The van der Waals surface area contributed by atoms with Crippen LogP contribution in [0.15, 0.2) is 71.1 Å². The summed E-state index contributed by atoms with van der Waals surface area (Å²) < 4.78 is 11.9. The standard InChI is InChI=1S/C24H21NO3/c1-24(2)14-19(17-9-5-6-10-21(17)28-24)25-23(26)22-13-18-16-8-4-3-7-15(16)11-12-20(18)27-22/h3-13,19H,14H2,1-2H3,(H,25,26)/t19-/m1/s1. The molecule has 0 unspecified atom stereocenters. The Hall–Kier alpha value is -3.27. The van der Waals surface area contributed by atoms with E-state index in [0.717, 1.165) is 33.1 Å². The van der Waals surface area contributed by atoms with Crippen molar-refractivity contribution in [3.05, 3.63) is 78.1 Å². The van der Waals surface area contributed by atoms with E-state index >= 15 is 0 Å². The number of hydrogen-bond acceptors (Lipinski definition) is 3. The molecule has 1 aliphatic rings. The van der Waals surface area contributed by atoms with Crippen molar-refractivity contribution in [3.63, 3.8) is 0 Å². The lowest BCUT2D eigenvalue weighted by atomic mass is 9.89. The van der Waals surface area contributed by atoms with Gasteiger partial charge in [-0.2, -0.15) is 0 Å². The van der Waals surface area contributed by atoms with E-state index in [0.29, 0.717) is 12.2 Å². The van der Waals surface area contributed by atoms with Crippen LogP contribution in [0, 0.1) is 0 Å². The number of nitrogens with one attached hydrogen (secondary N) is 1. The van der Waals surface area contributed by atoms with Gasteiger partial charge in [0, 0.05) is 17.4 Å². The van der Waals surface area contributed by atoms with Gasteiger partial charge in [-0.25, -0.2) is 0 Å². The maximum absolute atomic E-state index is 13.0. The Morgan fingerprint density at radius 2 is 1.79 bits per heavy atom. The molecule has 0 fully saturated rings. The molecule has 0 saturated heterocycles. The number of rotatable bonds is 2. The fraction of sp³-hybridized carbons (Fsp3) is 0.208. The van der Waals surface area contributed by atoms with Crippen molar-refractivity contribution in [2.24, 2.45) is 0 Å². The maximum Gasteiger partial charge on any atom is 0.287 e. The molecule has 4 nitrogen and oxygen atoms in total. The zero-order valence-corrected chi connectivity index (χ0v) is 15.9. The minimum Gasteiger partial charge on any atom is -0.487 e. The summed E-state index contributed by atoms with van der Waals surface area (Å²) in [5.41, 5.74) is 1.37. The van der Waals surface area contributed by atoms with E-state index < -0.39 is 0 Å². The van der Waals surface area contributed by atoms with Crippen molar-refractivity contribution in [2.45, 2.75) is 31.9 Å². The average Bonchev–Trinajstić information content (AvgIpc) is 3.12. The Balaban J connectivity index is 1.50. The Morgan fingerprint density at radius 3 is 2.68 bits per heavy atom. The largest absolute Gasteiger partial charge is 0.487 e. The summed E-state index contributed by atoms with van der Waals surface area (Å²) in [6.45, 7) is 4.07. The van der Waals surface area contributed by atoms with Crippen LogP contribution in [0.5, 0.6) is 5.75 Å². The molecule has 0 radical (unpaired) electrons. The van der Waals surface area contributed by atoms with Crippen LogP contribution in [0.1, 0.15) is 42.4 Å². The second-order valence-corrected chi connectivity index (χ2v) is 7.94. The van der Waals surface area contributed by atoms with Gasteiger partial charge in [0.15, 0.2) is 5.76 Å². The Morgan fingerprint density at radius 1 is 1.00 bits per heavy atom. The van der Waals surface area contributed by atoms with Crippen LogP contribution in [-0.2, 0) is 0 Å². The van der Waals surface area contributed by atoms with Gasteiger partial charge in [0.1, 0.15) is 16.9 Å². The third-order valence-electron chi connectivity index (χ3n) is 5.33. The number of ether oxygens (including phenoxy) is 1. The first kappa shape index (κ1) is 16.9. The van der Waals surface area contributed by atoms with E-state index in [4.69, 9.17) is 9.15 Å². The highest BCUT2D eigenvalue weighted by molar-refractivity contribution is 6.08. The minimum absolute atomic E-state index is 0.127. The SMILES string of the molecule is CC1(C)C[C@@H](NC(=O)c2cc3c(ccc4ccccc43)o2)c2ccccc2O1. The number of hydrogen-bond donors (Lipinski definition) is 1. The normalized spacial score (nSPS) is 17.9. The molecule has 0 saturated carbocycles. The fourth-order valence-corrected chi connectivity index (χ4v) is 4.06. The van der Waals surface area contributed by atoms with Crippen molar-refractivity contribution < 1.29 is 13.9 Å². The zero-order valence-electron chi connectivity index (χ0n) is 15.9. The van der Waals surface area contributed by atoms with Gasteiger partial charge in [-0.3, -0.25) is 4.79 Å². The van der Waals surface area contributed by atoms with Gasteiger partial charge in [-0.15, -0.1) is 0 Å².